The van der Waals surface area contributed by atoms with E-state index in [0.29, 0.717) is 12.6 Å². The minimum Gasteiger partial charge on any atom is -0.352 e. The van der Waals surface area contributed by atoms with Crippen LogP contribution in [0.25, 0.3) is 0 Å². The van der Waals surface area contributed by atoms with Crippen molar-refractivity contribution in [3.8, 4) is 0 Å². The van der Waals surface area contributed by atoms with Gasteiger partial charge < -0.3 is 10.6 Å². The van der Waals surface area contributed by atoms with Gasteiger partial charge in [0.1, 0.15) is 0 Å². The van der Waals surface area contributed by atoms with Gasteiger partial charge in [-0.25, -0.2) is 0 Å². The molecule has 1 rings (SSSR count). The summed E-state index contributed by atoms with van der Waals surface area (Å²) in [4.78, 5) is 11.5. The highest BCUT2D eigenvalue weighted by molar-refractivity contribution is 7.99. The third-order valence-electron chi connectivity index (χ3n) is 2.66. The number of carbonyl (C=O) groups excluding carboxylic acids is 1. The van der Waals surface area contributed by atoms with E-state index in [1.54, 1.807) is 0 Å². The molecule has 0 saturated heterocycles. The van der Waals surface area contributed by atoms with Crippen molar-refractivity contribution >= 4 is 17.7 Å². The monoisotopic (exact) mass is 242 g/mol. The number of hydrogen-bond donors (Lipinski definition) is 2. The van der Waals surface area contributed by atoms with Gasteiger partial charge in [0.25, 0.3) is 0 Å². The van der Waals surface area contributed by atoms with Gasteiger partial charge in [-0.3, -0.25) is 4.79 Å². The summed E-state index contributed by atoms with van der Waals surface area (Å²) in [5.74, 6) is 2.15. The Balaban J connectivity index is 1.91. The van der Waals surface area contributed by atoms with E-state index in [9.17, 15) is 4.79 Å². The molecule has 16 heavy (non-hydrogen) atoms. The highest BCUT2D eigenvalue weighted by Crippen LogP contribution is 2.17. The van der Waals surface area contributed by atoms with E-state index in [2.05, 4.69) is 17.2 Å². The lowest BCUT2D eigenvalue weighted by Crippen LogP contribution is -2.39. The van der Waals surface area contributed by atoms with E-state index in [1.807, 2.05) is 17.8 Å². The number of amides is 1. The predicted molar refractivity (Wildman–Crippen MR) is 70.8 cm³/mol. The van der Waals surface area contributed by atoms with E-state index in [1.165, 1.54) is 12.8 Å². The van der Waals surface area contributed by atoms with Crippen LogP contribution in [-0.2, 0) is 4.79 Å². The quantitative estimate of drug-likeness (QED) is 0.501. The molecule has 0 heterocycles. The molecular weight excluding hydrogens is 220 g/mol. The highest BCUT2D eigenvalue weighted by Gasteiger charge is 2.16. The number of hydrogen-bond acceptors (Lipinski definition) is 3. The zero-order valence-corrected chi connectivity index (χ0v) is 10.7. The second kappa shape index (κ2) is 8.65. The van der Waals surface area contributed by atoms with Crippen molar-refractivity contribution in [3.05, 3.63) is 12.7 Å². The van der Waals surface area contributed by atoms with Crippen LogP contribution in [0.3, 0.4) is 0 Å². The average molecular weight is 242 g/mol. The Kier molecular flexibility index (Phi) is 7.34. The molecule has 1 amide bonds. The highest BCUT2D eigenvalue weighted by atomic mass is 32.2. The largest absolute Gasteiger partial charge is 0.352 e. The second-order valence-corrected chi connectivity index (χ2v) is 5.24. The zero-order valence-electron chi connectivity index (χ0n) is 9.84. The summed E-state index contributed by atoms with van der Waals surface area (Å²) in [6.45, 7) is 4.99. The van der Waals surface area contributed by atoms with Crippen LogP contribution in [0, 0.1) is 0 Å². The summed E-state index contributed by atoms with van der Waals surface area (Å²) in [5, 5.41) is 6.21. The number of rotatable bonds is 8. The van der Waals surface area contributed by atoms with Gasteiger partial charge >= 0.3 is 0 Å². The van der Waals surface area contributed by atoms with Crippen molar-refractivity contribution in [3.63, 3.8) is 0 Å². The van der Waals surface area contributed by atoms with Crippen LogP contribution in [0.2, 0.25) is 0 Å². The van der Waals surface area contributed by atoms with Gasteiger partial charge in [-0.15, -0.1) is 6.58 Å². The first-order valence-corrected chi connectivity index (χ1v) is 7.17. The number of carbonyl (C=O) groups is 1. The lowest BCUT2D eigenvalue weighted by molar-refractivity contribution is -0.120. The Hall–Kier alpha value is -0.480. The van der Waals surface area contributed by atoms with Gasteiger partial charge in [0, 0.05) is 24.1 Å². The summed E-state index contributed by atoms with van der Waals surface area (Å²) >= 11 is 1.83. The molecule has 0 atom stereocenters. The molecule has 0 spiro atoms. The maximum atomic E-state index is 11.5. The molecule has 92 valence electrons. The summed E-state index contributed by atoms with van der Waals surface area (Å²) in [6.07, 6.45) is 6.73. The molecule has 0 aliphatic heterocycles. The van der Waals surface area contributed by atoms with Gasteiger partial charge in [0.05, 0.1) is 6.54 Å². The Morgan fingerprint density at radius 1 is 1.44 bits per heavy atom. The van der Waals surface area contributed by atoms with E-state index < -0.39 is 0 Å². The molecule has 1 fully saturated rings. The van der Waals surface area contributed by atoms with Crippen molar-refractivity contribution < 1.29 is 4.79 Å². The van der Waals surface area contributed by atoms with Gasteiger partial charge in [-0.2, -0.15) is 11.8 Å². The smallest absolute Gasteiger partial charge is 0.234 e. The van der Waals surface area contributed by atoms with Crippen molar-refractivity contribution in [2.75, 3.05) is 24.6 Å². The standard InChI is InChI=1S/C12H22N2OS/c1-2-8-16-9-7-13-10-12(15)14-11-5-3-4-6-11/h2,11,13H,1,3-10H2,(H,14,15). The molecule has 0 bridgehead atoms. The van der Waals surface area contributed by atoms with Crippen LogP contribution in [0.5, 0.6) is 0 Å². The lowest BCUT2D eigenvalue weighted by atomic mass is 10.2. The molecule has 0 unspecified atom stereocenters. The topological polar surface area (TPSA) is 41.1 Å². The molecule has 0 aromatic heterocycles. The lowest BCUT2D eigenvalue weighted by Gasteiger charge is -2.12. The number of nitrogens with one attached hydrogen (secondary N) is 2. The SMILES string of the molecule is C=CCSCCNCC(=O)NC1CCCC1. The minimum atomic E-state index is 0.139. The van der Waals surface area contributed by atoms with Crippen LogP contribution < -0.4 is 10.6 Å². The fourth-order valence-electron chi connectivity index (χ4n) is 1.86. The maximum Gasteiger partial charge on any atom is 0.234 e. The third kappa shape index (κ3) is 6.18. The molecule has 1 aliphatic rings. The van der Waals surface area contributed by atoms with Gasteiger partial charge in [-0.1, -0.05) is 18.9 Å². The Morgan fingerprint density at radius 3 is 2.88 bits per heavy atom. The van der Waals surface area contributed by atoms with E-state index in [-0.39, 0.29) is 5.91 Å². The summed E-state index contributed by atoms with van der Waals surface area (Å²) in [6, 6.07) is 0.435. The van der Waals surface area contributed by atoms with E-state index in [0.717, 1.165) is 30.9 Å². The van der Waals surface area contributed by atoms with Crippen molar-refractivity contribution in [1.82, 2.24) is 10.6 Å². The summed E-state index contributed by atoms with van der Waals surface area (Å²) < 4.78 is 0. The van der Waals surface area contributed by atoms with E-state index in [4.69, 9.17) is 0 Å². The van der Waals surface area contributed by atoms with Crippen LogP contribution in [0.1, 0.15) is 25.7 Å². The molecule has 2 N–H and O–H groups in total. The van der Waals surface area contributed by atoms with Gasteiger partial charge in [0.2, 0.25) is 5.91 Å². The molecule has 0 aromatic rings. The summed E-state index contributed by atoms with van der Waals surface area (Å²) in [5.41, 5.74) is 0. The molecule has 0 radical (unpaired) electrons. The second-order valence-electron chi connectivity index (χ2n) is 4.09. The first-order chi connectivity index (χ1) is 7.83. The van der Waals surface area contributed by atoms with E-state index >= 15 is 0 Å². The Morgan fingerprint density at radius 2 is 2.19 bits per heavy atom. The maximum absolute atomic E-state index is 11.5. The Labute approximate surface area is 102 Å². The first kappa shape index (κ1) is 13.6. The molecular formula is C12H22N2OS. The Bertz CT molecular complexity index is 215. The average Bonchev–Trinajstić information content (AvgIpc) is 2.76. The van der Waals surface area contributed by atoms with Crippen molar-refractivity contribution in [2.45, 2.75) is 31.7 Å². The fraction of sp³-hybridized carbons (Fsp3) is 0.750. The van der Waals surface area contributed by atoms with Crippen LogP contribution in [0.15, 0.2) is 12.7 Å². The van der Waals surface area contributed by atoms with Crippen LogP contribution in [-0.4, -0.2) is 36.5 Å². The van der Waals surface area contributed by atoms with Gasteiger partial charge in [0.15, 0.2) is 0 Å². The fourth-order valence-corrected chi connectivity index (χ4v) is 2.48. The minimum absolute atomic E-state index is 0.139. The van der Waals surface area contributed by atoms with Crippen LogP contribution >= 0.6 is 11.8 Å². The molecule has 1 aliphatic carbocycles. The molecule has 4 heteroatoms. The summed E-state index contributed by atoms with van der Waals surface area (Å²) in [7, 11) is 0. The van der Waals surface area contributed by atoms with Crippen molar-refractivity contribution in [2.24, 2.45) is 0 Å². The van der Waals surface area contributed by atoms with Gasteiger partial charge in [-0.05, 0) is 12.8 Å². The molecule has 1 saturated carbocycles. The third-order valence-corrected chi connectivity index (χ3v) is 3.63. The predicted octanol–water partition coefficient (Wildman–Crippen LogP) is 1.55. The molecule has 3 nitrogen and oxygen atoms in total. The zero-order chi connectivity index (χ0) is 11.6. The first-order valence-electron chi connectivity index (χ1n) is 6.01. The normalized spacial score (nSPS) is 16.2. The number of thioether (sulfide) groups is 1. The van der Waals surface area contributed by atoms with Crippen molar-refractivity contribution in [1.29, 1.82) is 0 Å². The van der Waals surface area contributed by atoms with Crippen LogP contribution in [0.4, 0.5) is 0 Å². The molecule has 0 aromatic carbocycles.